The molecule has 1 saturated carbocycles. The Morgan fingerprint density at radius 1 is 1.30 bits per heavy atom. The van der Waals surface area contributed by atoms with E-state index >= 15 is 0 Å². The number of aryl methyl sites for hydroxylation is 1. The van der Waals surface area contributed by atoms with Crippen LogP contribution in [0, 0.1) is 5.92 Å². The zero-order chi connectivity index (χ0) is 16.2. The second-order valence-electron chi connectivity index (χ2n) is 6.79. The van der Waals surface area contributed by atoms with E-state index in [-0.39, 0.29) is 17.9 Å². The predicted molar refractivity (Wildman–Crippen MR) is 92.2 cm³/mol. The molecule has 1 aliphatic carbocycles. The van der Waals surface area contributed by atoms with Gasteiger partial charge in [0.25, 0.3) is 0 Å². The number of aliphatic hydroxyl groups is 1. The van der Waals surface area contributed by atoms with Crippen LogP contribution in [0.25, 0.3) is 10.9 Å². The number of nitrogens with zero attached hydrogens (tertiary/aromatic N) is 1. The highest BCUT2D eigenvalue weighted by atomic mass is 16.3. The minimum Gasteiger partial charge on any atom is -0.393 e. The Bertz CT molecular complexity index is 664. The van der Waals surface area contributed by atoms with E-state index in [9.17, 15) is 9.90 Å². The highest BCUT2D eigenvalue weighted by Gasteiger charge is 2.25. The molecule has 2 N–H and O–H groups in total. The lowest BCUT2D eigenvalue weighted by molar-refractivity contribution is -0.131. The summed E-state index contributed by atoms with van der Waals surface area (Å²) in [5.41, 5.74) is 2.32. The van der Waals surface area contributed by atoms with Crippen LogP contribution in [0.4, 0.5) is 0 Å². The molecule has 0 aliphatic heterocycles. The molecule has 1 heterocycles. The molecule has 0 bridgehead atoms. The number of fused-ring (bicyclic) bond motifs is 1. The monoisotopic (exact) mass is 314 g/mol. The second-order valence-corrected chi connectivity index (χ2v) is 6.79. The minimum atomic E-state index is -0.241. The van der Waals surface area contributed by atoms with Crippen LogP contribution >= 0.6 is 0 Å². The quantitative estimate of drug-likeness (QED) is 0.891. The molecule has 1 aliphatic rings. The first-order chi connectivity index (χ1) is 11.1. The van der Waals surface area contributed by atoms with Crippen molar-refractivity contribution in [2.45, 2.75) is 44.6 Å². The van der Waals surface area contributed by atoms with E-state index in [2.05, 4.69) is 29.2 Å². The Labute approximate surface area is 137 Å². The highest BCUT2D eigenvalue weighted by Crippen LogP contribution is 2.25. The van der Waals surface area contributed by atoms with Crippen molar-refractivity contribution in [3.8, 4) is 0 Å². The highest BCUT2D eigenvalue weighted by molar-refractivity contribution is 5.80. The van der Waals surface area contributed by atoms with E-state index in [0.29, 0.717) is 13.0 Å². The van der Waals surface area contributed by atoms with Gasteiger partial charge in [-0.05, 0) is 48.4 Å². The average molecular weight is 314 g/mol. The molecule has 1 fully saturated rings. The smallest absolute Gasteiger partial charge is 0.222 e. The van der Waals surface area contributed by atoms with Gasteiger partial charge in [0.05, 0.1) is 6.10 Å². The van der Waals surface area contributed by atoms with E-state index in [1.165, 1.54) is 17.4 Å². The minimum absolute atomic E-state index is 0.164. The number of aromatic amines is 1. The normalized spacial score (nSPS) is 21.5. The standard InChI is InChI=1S/C19H26N2O2/c1-21(13-16-4-2-3-5-18(16)22)19(23)9-7-14-6-8-17-15(12-14)10-11-20-17/h6,8,10-12,16,18,20,22H,2-5,7,9,13H2,1H3. The van der Waals surface area contributed by atoms with Crippen molar-refractivity contribution in [1.82, 2.24) is 9.88 Å². The number of carbonyl (C=O) groups excluding carboxylic acids is 1. The van der Waals surface area contributed by atoms with Crippen molar-refractivity contribution in [1.29, 1.82) is 0 Å². The van der Waals surface area contributed by atoms with Crippen molar-refractivity contribution >= 4 is 16.8 Å². The summed E-state index contributed by atoms with van der Waals surface area (Å²) in [7, 11) is 1.86. The zero-order valence-corrected chi connectivity index (χ0v) is 13.8. The fraction of sp³-hybridized carbons (Fsp3) is 0.526. The molecule has 1 aromatic heterocycles. The number of nitrogens with one attached hydrogen (secondary N) is 1. The molecule has 124 valence electrons. The number of H-pyrrole nitrogens is 1. The number of rotatable bonds is 5. The van der Waals surface area contributed by atoms with Crippen molar-refractivity contribution in [2.75, 3.05) is 13.6 Å². The third-order valence-corrected chi connectivity index (χ3v) is 5.05. The van der Waals surface area contributed by atoms with Gasteiger partial charge in [0.2, 0.25) is 5.91 Å². The average Bonchev–Trinajstić information content (AvgIpc) is 3.02. The van der Waals surface area contributed by atoms with E-state index in [1.807, 2.05) is 13.2 Å². The van der Waals surface area contributed by atoms with Crippen LogP contribution in [0.1, 0.15) is 37.7 Å². The fourth-order valence-electron chi connectivity index (χ4n) is 3.56. The molecule has 2 aromatic rings. The maximum Gasteiger partial charge on any atom is 0.222 e. The fourth-order valence-corrected chi connectivity index (χ4v) is 3.56. The van der Waals surface area contributed by atoms with Crippen molar-refractivity contribution in [2.24, 2.45) is 5.92 Å². The first-order valence-electron chi connectivity index (χ1n) is 8.61. The number of hydrogen-bond donors (Lipinski definition) is 2. The molecule has 3 rings (SSSR count). The molecule has 0 radical (unpaired) electrons. The Kier molecular flexibility index (Phi) is 5.01. The number of carbonyl (C=O) groups is 1. The van der Waals surface area contributed by atoms with Gasteiger partial charge >= 0.3 is 0 Å². The van der Waals surface area contributed by atoms with Crippen LogP contribution < -0.4 is 0 Å². The van der Waals surface area contributed by atoms with Gasteiger partial charge in [-0.2, -0.15) is 0 Å². The SMILES string of the molecule is CN(CC1CCCCC1O)C(=O)CCc1ccc2[nH]ccc2c1. The van der Waals surface area contributed by atoms with Crippen LogP contribution in [0.15, 0.2) is 30.5 Å². The van der Waals surface area contributed by atoms with Gasteiger partial charge < -0.3 is 15.0 Å². The van der Waals surface area contributed by atoms with Crippen molar-refractivity contribution in [3.63, 3.8) is 0 Å². The molecular weight excluding hydrogens is 288 g/mol. The summed E-state index contributed by atoms with van der Waals surface area (Å²) in [4.78, 5) is 17.3. The van der Waals surface area contributed by atoms with Crippen LogP contribution in [0.3, 0.4) is 0 Å². The van der Waals surface area contributed by atoms with Crippen LogP contribution in [0.5, 0.6) is 0 Å². The third-order valence-electron chi connectivity index (χ3n) is 5.05. The van der Waals surface area contributed by atoms with Gasteiger partial charge in [-0.3, -0.25) is 4.79 Å². The lowest BCUT2D eigenvalue weighted by Crippen LogP contribution is -2.38. The topological polar surface area (TPSA) is 56.3 Å². The van der Waals surface area contributed by atoms with Gasteiger partial charge in [0.1, 0.15) is 0 Å². The molecule has 0 saturated heterocycles. The van der Waals surface area contributed by atoms with Crippen molar-refractivity contribution in [3.05, 3.63) is 36.0 Å². The third kappa shape index (κ3) is 3.94. The molecule has 4 heteroatoms. The summed E-state index contributed by atoms with van der Waals surface area (Å²) in [6, 6.07) is 8.34. The molecule has 2 atom stereocenters. The van der Waals surface area contributed by atoms with E-state index in [1.54, 1.807) is 4.90 Å². The Hall–Kier alpha value is -1.81. The number of aromatic nitrogens is 1. The summed E-state index contributed by atoms with van der Waals surface area (Å²) in [6.45, 7) is 0.677. The van der Waals surface area contributed by atoms with Crippen LogP contribution in [0.2, 0.25) is 0 Å². The Balaban J connectivity index is 1.51. The van der Waals surface area contributed by atoms with E-state index in [0.717, 1.165) is 31.2 Å². The number of benzene rings is 1. The van der Waals surface area contributed by atoms with E-state index in [4.69, 9.17) is 0 Å². The molecule has 1 amide bonds. The molecule has 23 heavy (non-hydrogen) atoms. The molecular formula is C19H26N2O2. The summed E-state index contributed by atoms with van der Waals surface area (Å²) >= 11 is 0. The lowest BCUT2D eigenvalue weighted by atomic mass is 9.86. The largest absolute Gasteiger partial charge is 0.393 e. The summed E-state index contributed by atoms with van der Waals surface area (Å²) in [5.74, 6) is 0.408. The molecule has 0 spiro atoms. The summed E-state index contributed by atoms with van der Waals surface area (Å²) in [6.07, 6.45) is 7.16. The maximum atomic E-state index is 12.3. The number of amides is 1. The predicted octanol–water partition coefficient (Wildman–Crippen LogP) is 3.11. The molecule has 2 unspecified atom stereocenters. The van der Waals surface area contributed by atoms with Gasteiger partial charge in [-0.15, -0.1) is 0 Å². The Morgan fingerprint density at radius 3 is 2.96 bits per heavy atom. The zero-order valence-electron chi connectivity index (χ0n) is 13.8. The number of hydrogen-bond acceptors (Lipinski definition) is 2. The Morgan fingerprint density at radius 2 is 2.13 bits per heavy atom. The van der Waals surface area contributed by atoms with Gasteiger partial charge in [0.15, 0.2) is 0 Å². The molecule has 4 nitrogen and oxygen atoms in total. The van der Waals surface area contributed by atoms with Gasteiger partial charge in [-0.1, -0.05) is 18.9 Å². The molecule has 1 aromatic carbocycles. The lowest BCUT2D eigenvalue weighted by Gasteiger charge is -2.31. The van der Waals surface area contributed by atoms with E-state index < -0.39 is 0 Å². The maximum absolute atomic E-state index is 12.3. The number of aliphatic hydroxyl groups excluding tert-OH is 1. The first kappa shape index (κ1) is 16.1. The summed E-state index contributed by atoms with van der Waals surface area (Å²) < 4.78 is 0. The van der Waals surface area contributed by atoms with Gasteiger partial charge in [-0.25, -0.2) is 0 Å². The second kappa shape index (κ2) is 7.18. The van der Waals surface area contributed by atoms with Crippen molar-refractivity contribution < 1.29 is 9.90 Å². The van der Waals surface area contributed by atoms with Crippen LogP contribution in [-0.4, -0.2) is 40.6 Å². The summed E-state index contributed by atoms with van der Waals surface area (Å²) in [5, 5.41) is 11.2. The van der Waals surface area contributed by atoms with Crippen LogP contribution in [-0.2, 0) is 11.2 Å². The van der Waals surface area contributed by atoms with Gasteiger partial charge in [0, 0.05) is 37.6 Å². The first-order valence-corrected chi connectivity index (χ1v) is 8.61.